The molecule has 0 aromatic heterocycles. The first-order valence-corrected chi connectivity index (χ1v) is 7.71. The van der Waals surface area contributed by atoms with Crippen molar-refractivity contribution in [1.82, 2.24) is 0 Å². The van der Waals surface area contributed by atoms with Crippen molar-refractivity contribution >= 4 is 69.0 Å². The Bertz CT molecular complexity index is 582. The Morgan fingerprint density at radius 1 is 0.714 bits per heavy atom. The molecule has 0 aliphatic rings. The highest BCUT2D eigenvalue weighted by Gasteiger charge is 2.04. The standard InChI is InChI=1S/C15H12Cl2N2S2/c16-10-1-5-12(6-2-10)18-14(20)9-15(21)19-13-7-3-11(17)4-8-13/h1-8H,9H2,(H,18,20)(H,19,21). The first-order valence-electron chi connectivity index (χ1n) is 6.14. The summed E-state index contributed by atoms with van der Waals surface area (Å²) in [6, 6.07) is 14.7. The van der Waals surface area contributed by atoms with E-state index in [2.05, 4.69) is 10.6 Å². The van der Waals surface area contributed by atoms with Gasteiger partial charge >= 0.3 is 0 Å². The average molecular weight is 355 g/mol. The van der Waals surface area contributed by atoms with Crippen molar-refractivity contribution < 1.29 is 0 Å². The maximum atomic E-state index is 5.83. The molecule has 0 aliphatic carbocycles. The lowest BCUT2D eigenvalue weighted by Gasteiger charge is -2.11. The van der Waals surface area contributed by atoms with Gasteiger partial charge in [0.1, 0.15) is 0 Å². The van der Waals surface area contributed by atoms with Gasteiger partial charge in [-0.25, -0.2) is 0 Å². The molecule has 2 rings (SSSR count). The van der Waals surface area contributed by atoms with Crippen LogP contribution in [0.5, 0.6) is 0 Å². The number of rotatable bonds is 4. The molecule has 0 atom stereocenters. The lowest BCUT2D eigenvalue weighted by molar-refractivity contribution is 1.54. The minimum atomic E-state index is 0.468. The Morgan fingerprint density at radius 3 is 1.38 bits per heavy atom. The van der Waals surface area contributed by atoms with Crippen LogP contribution in [0.25, 0.3) is 0 Å². The van der Waals surface area contributed by atoms with Crippen LogP contribution < -0.4 is 10.6 Å². The summed E-state index contributed by atoms with van der Waals surface area (Å²) in [5.74, 6) is 0. The average Bonchev–Trinajstić information content (AvgIpc) is 2.44. The summed E-state index contributed by atoms with van der Waals surface area (Å²) in [4.78, 5) is 1.28. The normalized spacial score (nSPS) is 10.0. The van der Waals surface area contributed by atoms with Crippen molar-refractivity contribution in [1.29, 1.82) is 0 Å². The second kappa shape index (κ2) is 7.71. The highest BCUT2D eigenvalue weighted by Crippen LogP contribution is 2.15. The fourth-order valence-corrected chi connectivity index (χ4v) is 2.49. The van der Waals surface area contributed by atoms with Crippen LogP contribution in [0.1, 0.15) is 6.42 Å². The molecule has 2 N–H and O–H groups in total. The number of benzene rings is 2. The molecule has 2 aromatic carbocycles. The van der Waals surface area contributed by atoms with Gasteiger partial charge in [0.25, 0.3) is 0 Å². The molecule has 0 radical (unpaired) electrons. The Morgan fingerprint density at radius 2 is 1.05 bits per heavy atom. The summed E-state index contributed by atoms with van der Waals surface area (Å²) < 4.78 is 0. The zero-order valence-electron chi connectivity index (χ0n) is 10.9. The first-order chi connectivity index (χ1) is 10.0. The Labute approximate surface area is 144 Å². The van der Waals surface area contributed by atoms with E-state index in [1.807, 2.05) is 24.3 Å². The van der Waals surface area contributed by atoms with Gasteiger partial charge in [-0.1, -0.05) is 47.6 Å². The van der Waals surface area contributed by atoms with E-state index in [0.717, 1.165) is 11.4 Å². The van der Waals surface area contributed by atoms with Crippen molar-refractivity contribution in [2.24, 2.45) is 0 Å². The lowest BCUT2D eigenvalue weighted by atomic mass is 10.3. The van der Waals surface area contributed by atoms with E-state index in [0.29, 0.717) is 26.4 Å². The number of hydrogen-bond acceptors (Lipinski definition) is 2. The second-order valence-electron chi connectivity index (χ2n) is 4.29. The largest absolute Gasteiger partial charge is 0.350 e. The number of thiocarbonyl (C=S) groups is 2. The molecule has 0 bridgehead atoms. The van der Waals surface area contributed by atoms with Gasteiger partial charge in [0, 0.05) is 27.8 Å². The molecular formula is C15H12Cl2N2S2. The van der Waals surface area contributed by atoms with E-state index in [1.54, 1.807) is 24.3 Å². The summed E-state index contributed by atoms with van der Waals surface area (Å²) in [6.45, 7) is 0. The van der Waals surface area contributed by atoms with E-state index >= 15 is 0 Å². The Kier molecular flexibility index (Phi) is 5.94. The molecular weight excluding hydrogens is 343 g/mol. The van der Waals surface area contributed by atoms with Crippen molar-refractivity contribution in [2.45, 2.75) is 6.42 Å². The predicted molar refractivity (Wildman–Crippen MR) is 100.0 cm³/mol. The highest BCUT2D eigenvalue weighted by atomic mass is 35.5. The molecule has 0 heterocycles. The number of halogens is 2. The smallest absolute Gasteiger partial charge is 0.0865 e. The number of anilines is 2. The topological polar surface area (TPSA) is 24.1 Å². The zero-order chi connectivity index (χ0) is 15.2. The molecule has 21 heavy (non-hydrogen) atoms. The molecule has 0 fully saturated rings. The van der Waals surface area contributed by atoms with Gasteiger partial charge in [-0.15, -0.1) is 0 Å². The molecule has 0 saturated heterocycles. The van der Waals surface area contributed by atoms with Gasteiger partial charge in [-0.2, -0.15) is 0 Å². The second-order valence-corrected chi connectivity index (χ2v) is 6.15. The van der Waals surface area contributed by atoms with Crippen LogP contribution in [0.2, 0.25) is 10.0 Å². The quantitative estimate of drug-likeness (QED) is 0.701. The SMILES string of the molecule is S=C(CC(=S)Nc1ccc(Cl)cc1)Nc1ccc(Cl)cc1. The van der Waals surface area contributed by atoms with E-state index in [-0.39, 0.29) is 0 Å². The van der Waals surface area contributed by atoms with E-state index in [4.69, 9.17) is 47.6 Å². The van der Waals surface area contributed by atoms with Crippen LogP contribution in [0.3, 0.4) is 0 Å². The van der Waals surface area contributed by atoms with Crippen molar-refractivity contribution in [3.8, 4) is 0 Å². The van der Waals surface area contributed by atoms with Crippen molar-refractivity contribution in [3.05, 3.63) is 58.6 Å². The van der Waals surface area contributed by atoms with Gasteiger partial charge in [0.15, 0.2) is 0 Å². The summed E-state index contributed by atoms with van der Waals surface area (Å²) in [5, 5.41) is 7.61. The molecule has 0 amide bonds. The fourth-order valence-electron chi connectivity index (χ4n) is 1.62. The number of nitrogens with one attached hydrogen (secondary N) is 2. The minimum absolute atomic E-state index is 0.468. The van der Waals surface area contributed by atoms with Crippen LogP contribution in [-0.2, 0) is 0 Å². The van der Waals surface area contributed by atoms with Gasteiger partial charge in [-0.05, 0) is 48.5 Å². The van der Waals surface area contributed by atoms with Crippen LogP contribution in [0, 0.1) is 0 Å². The van der Waals surface area contributed by atoms with E-state index in [9.17, 15) is 0 Å². The molecule has 108 valence electrons. The van der Waals surface area contributed by atoms with Crippen LogP contribution in [0.4, 0.5) is 11.4 Å². The zero-order valence-corrected chi connectivity index (χ0v) is 14.0. The minimum Gasteiger partial charge on any atom is -0.350 e. The number of hydrogen-bond donors (Lipinski definition) is 2. The van der Waals surface area contributed by atoms with E-state index in [1.165, 1.54) is 0 Å². The summed E-state index contributed by atoms with van der Waals surface area (Å²) in [5.41, 5.74) is 1.78. The highest BCUT2D eigenvalue weighted by molar-refractivity contribution is 7.82. The lowest BCUT2D eigenvalue weighted by Crippen LogP contribution is -2.18. The molecule has 0 aliphatic heterocycles. The molecule has 6 heteroatoms. The summed E-state index contributed by atoms with van der Waals surface area (Å²) in [7, 11) is 0. The third-order valence-corrected chi connectivity index (χ3v) is 3.57. The first kappa shape index (κ1) is 16.2. The Hall–Kier alpha value is -1.20. The monoisotopic (exact) mass is 354 g/mol. The van der Waals surface area contributed by atoms with Crippen LogP contribution in [-0.4, -0.2) is 9.98 Å². The van der Waals surface area contributed by atoms with Gasteiger partial charge < -0.3 is 10.6 Å². The Balaban J connectivity index is 1.85. The van der Waals surface area contributed by atoms with Gasteiger partial charge in [0.2, 0.25) is 0 Å². The predicted octanol–water partition coefficient (Wildman–Crippen LogP) is 5.56. The van der Waals surface area contributed by atoms with E-state index < -0.39 is 0 Å². The molecule has 0 unspecified atom stereocenters. The van der Waals surface area contributed by atoms with Crippen molar-refractivity contribution in [2.75, 3.05) is 10.6 Å². The molecule has 2 aromatic rings. The van der Waals surface area contributed by atoms with Gasteiger partial charge in [0.05, 0.1) is 9.98 Å². The third kappa shape index (κ3) is 5.59. The molecule has 0 saturated carbocycles. The maximum Gasteiger partial charge on any atom is 0.0865 e. The van der Waals surface area contributed by atoms with Crippen LogP contribution in [0.15, 0.2) is 48.5 Å². The summed E-state index contributed by atoms with van der Waals surface area (Å²) in [6.07, 6.45) is 0.468. The van der Waals surface area contributed by atoms with Gasteiger partial charge in [-0.3, -0.25) is 0 Å². The molecule has 0 spiro atoms. The molecule has 2 nitrogen and oxygen atoms in total. The third-order valence-electron chi connectivity index (χ3n) is 2.58. The maximum absolute atomic E-state index is 5.83. The fraction of sp³-hybridized carbons (Fsp3) is 0.0667. The summed E-state index contributed by atoms with van der Waals surface area (Å²) >= 11 is 22.2. The van der Waals surface area contributed by atoms with Crippen LogP contribution >= 0.6 is 47.6 Å². The van der Waals surface area contributed by atoms with Crippen molar-refractivity contribution in [3.63, 3.8) is 0 Å².